The number of hydrogen-bond donors (Lipinski definition) is 1. The number of carbonyl (C=O) groups is 1. The van der Waals surface area contributed by atoms with Gasteiger partial charge >= 0.3 is 5.97 Å². The van der Waals surface area contributed by atoms with Gasteiger partial charge in [0.2, 0.25) is 0 Å². The van der Waals surface area contributed by atoms with Gasteiger partial charge in [-0.3, -0.25) is 4.79 Å². The monoisotopic (exact) mass is 482 g/mol. The number of carboxylic acid groups (broad SMARTS) is 1. The van der Waals surface area contributed by atoms with Gasteiger partial charge in [-0.2, -0.15) is 4.80 Å². The summed E-state index contributed by atoms with van der Waals surface area (Å²) in [5, 5.41) is 30.8. The van der Waals surface area contributed by atoms with E-state index in [-0.39, 0.29) is 12.7 Å². The lowest BCUT2D eigenvalue weighted by molar-refractivity contribution is -0.149. The Kier molecular flexibility index (Phi) is 6.71. The summed E-state index contributed by atoms with van der Waals surface area (Å²) in [6.07, 6.45) is 6.00. The van der Waals surface area contributed by atoms with Crippen LogP contribution < -0.4 is 4.74 Å². The van der Waals surface area contributed by atoms with E-state index < -0.39 is 11.9 Å². The van der Waals surface area contributed by atoms with E-state index in [0.29, 0.717) is 48.3 Å². The first-order chi connectivity index (χ1) is 17.0. The first-order valence-electron chi connectivity index (χ1n) is 12.1. The molecule has 0 radical (unpaired) electrons. The third kappa shape index (κ3) is 5.31. The molecule has 5 rings (SSSR count). The highest BCUT2D eigenvalue weighted by Gasteiger charge is 2.29. The van der Waals surface area contributed by atoms with Gasteiger partial charge in [0.25, 0.3) is 0 Å². The van der Waals surface area contributed by atoms with Crippen LogP contribution in [-0.4, -0.2) is 70.6 Å². The van der Waals surface area contributed by atoms with Crippen molar-refractivity contribution in [1.82, 2.24) is 40.2 Å². The molecular formula is C23H30N8O4. The molecule has 4 heterocycles. The van der Waals surface area contributed by atoms with E-state index in [9.17, 15) is 9.90 Å². The molecular weight excluding hydrogens is 452 g/mol. The molecule has 0 spiro atoms. The lowest BCUT2D eigenvalue weighted by Gasteiger charge is -2.27. The first kappa shape index (κ1) is 23.3. The molecule has 1 N–H and O–H groups in total. The molecule has 2 atom stereocenters. The molecule has 12 heteroatoms. The van der Waals surface area contributed by atoms with Gasteiger partial charge < -0.3 is 14.6 Å². The number of rotatable bonds is 8. The number of ether oxygens (including phenoxy) is 2. The van der Waals surface area contributed by atoms with Crippen molar-refractivity contribution in [3.8, 4) is 17.1 Å². The number of pyridine rings is 1. The third-order valence-corrected chi connectivity index (χ3v) is 6.77. The van der Waals surface area contributed by atoms with Gasteiger partial charge in [0, 0.05) is 19.9 Å². The fourth-order valence-electron chi connectivity index (χ4n) is 4.82. The number of hydrogen-bond acceptors (Lipinski definition) is 9. The second-order valence-electron chi connectivity index (χ2n) is 9.43. The van der Waals surface area contributed by atoms with Crippen LogP contribution in [0.2, 0.25) is 0 Å². The lowest BCUT2D eigenvalue weighted by atomic mass is 10.0. The standard InChI is InChI=1S/C23H30N8O4/c1-14-20(35-17-10-16(23(32)33)12-34-13-17)8-7-18(24-14)22-19(30(2)28-26-22)11-31-27-21(25-29-31)9-15-5-3-4-6-15/h7-8,15-17H,3-6,9-13H2,1-2H3,(H,32,33). The fraction of sp³-hybridized carbons (Fsp3) is 0.609. The zero-order valence-electron chi connectivity index (χ0n) is 20.0. The first-order valence-corrected chi connectivity index (χ1v) is 12.1. The molecule has 2 aliphatic rings. The normalized spacial score (nSPS) is 20.9. The zero-order chi connectivity index (χ0) is 24.4. The van der Waals surface area contributed by atoms with E-state index in [2.05, 4.69) is 30.7 Å². The van der Waals surface area contributed by atoms with Gasteiger partial charge in [-0.15, -0.1) is 15.3 Å². The smallest absolute Gasteiger partial charge is 0.308 e. The summed E-state index contributed by atoms with van der Waals surface area (Å²) in [4.78, 5) is 17.6. The van der Waals surface area contributed by atoms with Crippen LogP contribution in [0, 0.1) is 18.8 Å². The van der Waals surface area contributed by atoms with Crippen LogP contribution >= 0.6 is 0 Å². The van der Waals surface area contributed by atoms with Gasteiger partial charge in [0.1, 0.15) is 24.1 Å². The maximum absolute atomic E-state index is 11.3. The molecule has 0 amide bonds. The molecule has 186 valence electrons. The Balaban J connectivity index is 1.29. The molecule has 12 nitrogen and oxygen atoms in total. The van der Waals surface area contributed by atoms with Crippen LogP contribution in [0.15, 0.2) is 12.1 Å². The van der Waals surface area contributed by atoms with Gasteiger partial charge in [-0.05, 0) is 30.2 Å². The van der Waals surface area contributed by atoms with E-state index in [1.165, 1.54) is 25.7 Å². The molecule has 2 unspecified atom stereocenters. The van der Waals surface area contributed by atoms with Crippen molar-refractivity contribution < 1.29 is 19.4 Å². The second kappa shape index (κ2) is 10.1. The number of carboxylic acids is 1. The van der Waals surface area contributed by atoms with Crippen molar-refractivity contribution >= 4 is 5.97 Å². The summed E-state index contributed by atoms with van der Waals surface area (Å²) in [5.41, 5.74) is 2.80. The Morgan fingerprint density at radius 2 is 2.03 bits per heavy atom. The largest absolute Gasteiger partial charge is 0.486 e. The Labute approximate surface area is 202 Å². The molecule has 1 aliphatic heterocycles. The van der Waals surface area contributed by atoms with E-state index in [1.54, 1.807) is 9.48 Å². The number of nitrogens with zero attached hydrogens (tertiary/aromatic N) is 8. The predicted molar refractivity (Wildman–Crippen MR) is 123 cm³/mol. The predicted octanol–water partition coefficient (Wildman–Crippen LogP) is 1.82. The summed E-state index contributed by atoms with van der Waals surface area (Å²) < 4.78 is 13.1. The Hall–Kier alpha value is -3.41. The van der Waals surface area contributed by atoms with Crippen LogP contribution in [-0.2, 0) is 29.5 Å². The zero-order valence-corrected chi connectivity index (χ0v) is 20.0. The summed E-state index contributed by atoms with van der Waals surface area (Å²) in [6.45, 7) is 2.80. The molecule has 1 aliphatic carbocycles. The van der Waals surface area contributed by atoms with Crippen molar-refractivity contribution in [2.45, 2.75) is 58.1 Å². The van der Waals surface area contributed by atoms with E-state index in [1.807, 2.05) is 26.1 Å². The summed E-state index contributed by atoms with van der Waals surface area (Å²) >= 11 is 0. The van der Waals surface area contributed by atoms with Gasteiger partial charge in [0.05, 0.1) is 36.2 Å². The number of aromatic nitrogens is 8. The number of tetrazole rings is 1. The van der Waals surface area contributed by atoms with Crippen molar-refractivity contribution in [2.75, 3.05) is 13.2 Å². The Morgan fingerprint density at radius 1 is 1.20 bits per heavy atom. The molecule has 3 aromatic heterocycles. The van der Waals surface area contributed by atoms with Crippen molar-refractivity contribution in [2.24, 2.45) is 18.9 Å². The Bertz CT molecular complexity index is 1190. The van der Waals surface area contributed by atoms with E-state index >= 15 is 0 Å². The highest BCUT2D eigenvalue weighted by Crippen LogP contribution is 2.28. The molecule has 1 saturated heterocycles. The van der Waals surface area contributed by atoms with Crippen molar-refractivity contribution in [3.63, 3.8) is 0 Å². The molecule has 35 heavy (non-hydrogen) atoms. The number of aliphatic carboxylic acids is 1. The maximum atomic E-state index is 11.3. The molecule has 0 aromatic carbocycles. The van der Waals surface area contributed by atoms with E-state index in [0.717, 1.165) is 17.9 Å². The van der Waals surface area contributed by atoms with Gasteiger partial charge in [-0.1, -0.05) is 30.9 Å². The molecule has 2 fully saturated rings. The average molecular weight is 483 g/mol. The molecule has 1 saturated carbocycles. The summed E-state index contributed by atoms with van der Waals surface area (Å²) in [6, 6.07) is 3.66. The average Bonchev–Trinajstić information content (AvgIpc) is 3.59. The number of aryl methyl sites for hydroxylation is 2. The molecule has 3 aromatic rings. The Morgan fingerprint density at radius 3 is 2.80 bits per heavy atom. The highest BCUT2D eigenvalue weighted by molar-refractivity contribution is 5.70. The van der Waals surface area contributed by atoms with Crippen LogP contribution in [0.1, 0.15) is 49.3 Å². The quantitative estimate of drug-likeness (QED) is 0.505. The van der Waals surface area contributed by atoms with Crippen LogP contribution in [0.25, 0.3) is 11.4 Å². The highest BCUT2D eigenvalue weighted by atomic mass is 16.5. The third-order valence-electron chi connectivity index (χ3n) is 6.77. The summed E-state index contributed by atoms with van der Waals surface area (Å²) in [5.74, 6) is 0.595. The van der Waals surface area contributed by atoms with E-state index in [4.69, 9.17) is 9.47 Å². The fourth-order valence-corrected chi connectivity index (χ4v) is 4.82. The minimum Gasteiger partial charge on any atom is -0.486 e. The maximum Gasteiger partial charge on any atom is 0.308 e. The van der Waals surface area contributed by atoms with Crippen LogP contribution in [0.3, 0.4) is 0 Å². The van der Waals surface area contributed by atoms with Crippen LogP contribution in [0.4, 0.5) is 0 Å². The minimum atomic E-state index is -0.869. The lowest BCUT2D eigenvalue weighted by Crippen LogP contribution is -2.37. The second-order valence-corrected chi connectivity index (χ2v) is 9.43. The topological polar surface area (TPSA) is 143 Å². The van der Waals surface area contributed by atoms with Crippen LogP contribution in [0.5, 0.6) is 5.75 Å². The molecule has 0 bridgehead atoms. The van der Waals surface area contributed by atoms with Crippen molar-refractivity contribution in [1.29, 1.82) is 0 Å². The van der Waals surface area contributed by atoms with Gasteiger partial charge in [0.15, 0.2) is 5.82 Å². The SMILES string of the molecule is Cc1nc(-c2nnn(C)c2Cn2nnc(CC3CCCC3)n2)ccc1OC1COCC(C(=O)O)C1. The minimum absolute atomic E-state index is 0.212. The summed E-state index contributed by atoms with van der Waals surface area (Å²) in [7, 11) is 1.83. The van der Waals surface area contributed by atoms with Gasteiger partial charge in [-0.25, -0.2) is 9.67 Å². The van der Waals surface area contributed by atoms with Crippen molar-refractivity contribution in [3.05, 3.63) is 29.3 Å².